The van der Waals surface area contributed by atoms with E-state index in [4.69, 9.17) is 0 Å². The van der Waals surface area contributed by atoms with Gasteiger partial charge < -0.3 is 4.74 Å². The topological polar surface area (TPSA) is 43.4 Å². The van der Waals surface area contributed by atoms with Crippen molar-refractivity contribution in [3.8, 4) is 0 Å². The first-order valence-corrected chi connectivity index (χ1v) is 8.04. The number of benzene rings is 2. The summed E-state index contributed by atoms with van der Waals surface area (Å²) in [5.41, 5.74) is 3.04. The molecule has 0 aliphatic heterocycles. The Balaban J connectivity index is 1.86. The summed E-state index contributed by atoms with van der Waals surface area (Å²) < 4.78 is 4.65. The lowest BCUT2D eigenvalue weighted by molar-refractivity contribution is -0.134. The maximum Gasteiger partial charge on any atom is 0.330 e. The van der Waals surface area contributed by atoms with Gasteiger partial charge in [-0.2, -0.15) is 0 Å². The summed E-state index contributed by atoms with van der Waals surface area (Å²) in [7, 11) is 1.35. The van der Waals surface area contributed by atoms with E-state index in [0.29, 0.717) is 5.56 Å². The van der Waals surface area contributed by atoms with Crippen molar-refractivity contribution < 1.29 is 14.3 Å². The van der Waals surface area contributed by atoms with Crippen LogP contribution >= 0.6 is 0 Å². The minimum absolute atomic E-state index is 0.0273. The van der Waals surface area contributed by atoms with Crippen molar-refractivity contribution >= 4 is 11.8 Å². The van der Waals surface area contributed by atoms with Gasteiger partial charge in [0.1, 0.15) is 0 Å². The number of methoxy groups -OCH3 is 1. The molecule has 0 radical (unpaired) electrons. The molecule has 24 heavy (non-hydrogen) atoms. The molecule has 0 aromatic heterocycles. The second-order valence-corrected chi connectivity index (χ2v) is 6.15. The Bertz CT molecular complexity index is 759. The predicted octanol–water partition coefficient (Wildman–Crippen LogP) is 3.94. The van der Waals surface area contributed by atoms with Gasteiger partial charge in [-0.05, 0) is 18.4 Å². The summed E-state index contributed by atoms with van der Waals surface area (Å²) >= 11 is 0. The van der Waals surface area contributed by atoms with Crippen molar-refractivity contribution in [1.82, 2.24) is 0 Å². The number of hydrogen-bond donors (Lipinski definition) is 0. The molecule has 0 amide bonds. The van der Waals surface area contributed by atoms with Crippen LogP contribution in [0.5, 0.6) is 0 Å². The first-order valence-electron chi connectivity index (χ1n) is 8.04. The Labute approximate surface area is 142 Å². The molecule has 0 spiro atoms. The second kappa shape index (κ2) is 6.83. The molecule has 2 aromatic carbocycles. The zero-order valence-corrected chi connectivity index (χ0v) is 13.8. The molecule has 0 saturated heterocycles. The first kappa shape index (κ1) is 16.2. The molecule has 122 valence electrons. The number of esters is 1. The van der Waals surface area contributed by atoms with Crippen LogP contribution in [0.2, 0.25) is 0 Å². The Morgan fingerprint density at radius 1 is 1.00 bits per heavy atom. The molecule has 0 N–H and O–H groups in total. The molecule has 3 nitrogen and oxygen atoms in total. The van der Waals surface area contributed by atoms with E-state index in [2.05, 4.69) is 29.0 Å². The van der Waals surface area contributed by atoms with Crippen molar-refractivity contribution in [1.29, 1.82) is 0 Å². The van der Waals surface area contributed by atoms with Gasteiger partial charge in [0.25, 0.3) is 0 Å². The molecule has 0 bridgehead atoms. The van der Waals surface area contributed by atoms with E-state index in [1.54, 1.807) is 0 Å². The molecule has 0 unspecified atom stereocenters. The summed E-state index contributed by atoms with van der Waals surface area (Å²) in [6.45, 7) is 2.04. The fourth-order valence-corrected chi connectivity index (χ4v) is 3.18. The highest BCUT2D eigenvalue weighted by atomic mass is 16.5. The molecular weight excluding hydrogens is 300 g/mol. The SMILES string of the molecule is COC(=O)/C=C/[C@H]1[C@H](C(=O)c2ccccc2)[C@H]1c1ccc(C)cc1. The van der Waals surface area contributed by atoms with Crippen molar-refractivity contribution in [2.45, 2.75) is 12.8 Å². The minimum Gasteiger partial charge on any atom is -0.466 e. The Morgan fingerprint density at radius 3 is 2.29 bits per heavy atom. The molecule has 1 fully saturated rings. The summed E-state index contributed by atoms with van der Waals surface area (Å²) in [5.74, 6) is -0.258. The highest BCUT2D eigenvalue weighted by molar-refractivity contribution is 6.01. The van der Waals surface area contributed by atoms with Gasteiger partial charge in [0, 0.05) is 23.5 Å². The largest absolute Gasteiger partial charge is 0.466 e. The van der Waals surface area contributed by atoms with Gasteiger partial charge in [-0.3, -0.25) is 4.79 Å². The lowest BCUT2D eigenvalue weighted by Gasteiger charge is -2.01. The maximum atomic E-state index is 12.8. The van der Waals surface area contributed by atoms with Gasteiger partial charge in [0.15, 0.2) is 5.78 Å². The van der Waals surface area contributed by atoms with Crippen LogP contribution in [0.3, 0.4) is 0 Å². The van der Waals surface area contributed by atoms with E-state index < -0.39 is 5.97 Å². The van der Waals surface area contributed by atoms with Gasteiger partial charge in [0.05, 0.1) is 7.11 Å². The molecule has 1 aliphatic carbocycles. The fourth-order valence-electron chi connectivity index (χ4n) is 3.18. The normalized spacial score (nSPS) is 22.3. The van der Waals surface area contributed by atoms with Crippen molar-refractivity contribution in [2.24, 2.45) is 11.8 Å². The average Bonchev–Trinajstić information content (AvgIpc) is 3.34. The van der Waals surface area contributed by atoms with Crippen molar-refractivity contribution in [3.63, 3.8) is 0 Å². The molecule has 2 aromatic rings. The first-order chi connectivity index (χ1) is 11.6. The average molecular weight is 320 g/mol. The number of ketones is 1. The number of rotatable bonds is 5. The van der Waals surface area contributed by atoms with Gasteiger partial charge in [0.2, 0.25) is 0 Å². The van der Waals surface area contributed by atoms with Crippen LogP contribution in [-0.2, 0) is 9.53 Å². The third kappa shape index (κ3) is 3.30. The monoisotopic (exact) mass is 320 g/mol. The summed E-state index contributed by atoms with van der Waals surface area (Å²) in [6, 6.07) is 17.6. The summed E-state index contributed by atoms with van der Waals surface area (Å²) in [4.78, 5) is 24.2. The lowest BCUT2D eigenvalue weighted by Crippen LogP contribution is -2.04. The predicted molar refractivity (Wildman–Crippen MR) is 92.8 cm³/mol. The number of ether oxygens (including phenoxy) is 1. The summed E-state index contributed by atoms with van der Waals surface area (Å²) in [6.07, 6.45) is 3.23. The molecule has 3 heteroatoms. The van der Waals surface area contributed by atoms with Crippen molar-refractivity contribution in [3.05, 3.63) is 83.4 Å². The van der Waals surface area contributed by atoms with E-state index in [9.17, 15) is 9.59 Å². The number of aryl methyl sites for hydroxylation is 1. The van der Waals surface area contributed by atoms with Crippen LogP contribution < -0.4 is 0 Å². The quantitative estimate of drug-likeness (QED) is 0.476. The van der Waals surface area contributed by atoms with Gasteiger partial charge >= 0.3 is 5.97 Å². The smallest absolute Gasteiger partial charge is 0.330 e. The number of allylic oxidation sites excluding steroid dienone is 1. The van der Waals surface area contributed by atoms with E-state index in [-0.39, 0.29) is 23.5 Å². The minimum atomic E-state index is -0.393. The third-order valence-corrected chi connectivity index (χ3v) is 4.55. The zero-order chi connectivity index (χ0) is 17.1. The van der Waals surface area contributed by atoms with E-state index in [1.165, 1.54) is 18.7 Å². The highest BCUT2D eigenvalue weighted by Gasteiger charge is 2.53. The van der Waals surface area contributed by atoms with Crippen LogP contribution in [0.25, 0.3) is 0 Å². The van der Waals surface area contributed by atoms with Gasteiger partial charge in [-0.1, -0.05) is 66.2 Å². The molecule has 3 atom stereocenters. The van der Waals surface area contributed by atoms with Crippen LogP contribution in [0.1, 0.15) is 27.4 Å². The van der Waals surface area contributed by atoms with Crippen LogP contribution in [0, 0.1) is 18.8 Å². The van der Waals surface area contributed by atoms with Gasteiger partial charge in [-0.25, -0.2) is 4.79 Å². The second-order valence-electron chi connectivity index (χ2n) is 6.15. The Morgan fingerprint density at radius 2 is 1.67 bits per heavy atom. The van der Waals surface area contributed by atoms with Crippen LogP contribution in [0.4, 0.5) is 0 Å². The zero-order valence-electron chi connectivity index (χ0n) is 13.8. The molecule has 0 heterocycles. The van der Waals surface area contributed by atoms with Crippen LogP contribution in [0.15, 0.2) is 66.7 Å². The lowest BCUT2D eigenvalue weighted by atomic mass is 10.0. The number of carbonyl (C=O) groups is 2. The molecular formula is C21H20O3. The molecule has 1 aliphatic rings. The van der Waals surface area contributed by atoms with Crippen molar-refractivity contribution in [2.75, 3.05) is 7.11 Å². The van der Waals surface area contributed by atoms with Crippen LogP contribution in [-0.4, -0.2) is 18.9 Å². The maximum absolute atomic E-state index is 12.8. The standard InChI is InChI=1S/C21H20O3/c1-14-8-10-15(11-9-14)19-17(12-13-18(22)24-2)20(19)21(23)16-6-4-3-5-7-16/h3-13,17,19-20H,1-2H3/b13-12+/t17-,19+,20+/m1/s1. The Kier molecular flexibility index (Phi) is 4.61. The van der Waals surface area contributed by atoms with E-state index in [0.717, 1.165) is 5.56 Å². The Hall–Kier alpha value is -2.68. The van der Waals surface area contributed by atoms with E-state index >= 15 is 0 Å². The fraction of sp³-hybridized carbons (Fsp3) is 0.238. The third-order valence-electron chi connectivity index (χ3n) is 4.55. The number of carbonyl (C=O) groups excluding carboxylic acids is 2. The summed E-state index contributed by atoms with van der Waals surface area (Å²) in [5, 5.41) is 0. The number of hydrogen-bond acceptors (Lipinski definition) is 3. The molecule has 3 rings (SSSR count). The number of Topliss-reactive ketones (excluding diaryl/α,β-unsaturated/α-hetero) is 1. The van der Waals surface area contributed by atoms with Gasteiger partial charge in [-0.15, -0.1) is 0 Å². The highest BCUT2D eigenvalue weighted by Crippen LogP contribution is 2.56. The van der Waals surface area contributed by atoms with E-state index in [1.807, 2.05) is 43.3 Å². The molecule has 1 saturated carbocycles.